The van der Waals surface area contributed by atoms with Crippen molar-refractivity contribution in [1.82, 2.24) is 5.01 Å². The van der Waals surface area contributed by atoms with Gasteiger partial charge < -0.3 is 10.0 Å². The van der Waals surface area contributed by atoms with Gasteiger partial charge in [-0.15, -0.1) is 0 Å². The summed E-state index contributed by atoms with van der Waals surface area (Å²) in [6, 6.07) is 15.4. The molecular weight excluding hydrogens is 334 g/mol. The largest absolute Gasteiger partial charge is 0.508 e. The highest BCUT2D eigenvalue weighted by Crippen LogP contribution is 2.13. The molecule has 2 aromatic carbocycles. The van der Waals surface area contributed by atoms with Crippen molar-refractivity contribution >= 4 is 17.3 Å². The van der Waals surface area contributed by atoms with E-state index in [1.54, 1.807) is 17.0 Å². The lowest BCUT2D eigenvalue weighted by atomic mass is 10.1. The van der Waals surface area contributed by atoms with Crippen LogP contribution < -0.4 is 4.90 Å². The summed E-state index contributed by atoms with van der Waals surface area (Å²) < 4.78 is 0. The van der Waals surface area contributed by atoms with Gasteiger partial charge >= 0.3 is 0 Å². The van der Waals surface area contributed by atoms with Crippen molar-refractivity contribution in [2.75, 3.05) is 26.2 Å². The van der Waals surface area contributed by atoms with E-state index >= 15 is 0 Å². The quantitative estimate of drug-likeness (QED) is 0.806. The minimum Gasteiger partial charge on any atom is -0.508 e. The molecule has 1 heterocycles. The Kier molecular flexibility index (Phi) is 5.95. The molecule has 0 amide bonds. The van der Waals surface area contributed by atoms with Gasteiger partial charge in [0.25, 0.3) is 0 Å². The number of aromatic hydroxyl groups is 1. The van der Waals surface area contributed by atoms with Crippen molar-refractivity contribution in [2.45, 2.75) is 19.9 Å². The third-order valence-electron chi connectivity index (χ3n) is 4.61. The summed E-state index contributed by atoms with van der Waals surface area (Å²) in [5.41, 5.74) is 3.48. The molecule has 1 aliphatic heterocycles. The number of phenolic OH excluding ortho intramolecular Hbond substituents is 1. The van der Waals surface area contributed by atoms with E-state index in [4.69, 9.17) is 16.7 Å². The highest BCUT2D eigenvalue weighted by molar-refractivity contribution is 6.30. The molecule has 4 nitrogen and oxygen atoms in total. The summed E-state index contributed by atoms with van der Waals surface area (Å²) in [6.45, 7) is 7.24. The topological polar surface area (TPSA) is 40.3 Å². The van der Waals surface area contributed by atoms with Crippen molar-refractivity contribution in [1.29, 1.82) is 0 Å². The van der Waals surface area contributed by atoms with Crippen molar-refractivity contribution in [2.24, 2.45) is 5.10 Å². The van der Waals surface area contributed by atoms with Gasteiger partial charge in [-0.05, 0) is 48.4 Å². The number of nitrogens with zero attached hydrogens (tertiary/aromatic N) is 2. The van der Waals surface area contributed by atoms with Crippen molar-refractivity contribution in [3.8, 4) is 5.75 Å². The highest BCUT2D eigenvalue weighted by Gasteiger charge is 2.19. The normalized spacial score (nSPS) is 16.2. The van der Waals surface area contributed by atoms with Crippen LogP contribution in [0.4, 0.5) is 0 Å². The summed E-state index contributed by atoms with van der Waals surface area (Å²) in [6.07, 6.45) is 0.878. The van der Waals surface area contributed by atoms with E-state index in [9.17, 15) is 5.11 Å². The third kappa shape index (κ3) is 4.97. The number of rotatable bonds is 5. The van der Waals surface area contributed by atoms with E-state index in [1.165, 1.54) is 5.56 Å². The number of hydrazone groups is 1. The lowest BCUT2D eigenvalue weighted by Gasteiger charge is -2.31. The van der Waals surface area contributed by atoms with Crippen molar-refractivity contribution in [3.05, 3.63) is 64.7 Å². The second-order valence-corrected chi connectivity index (χ2v) is 6.89. The number of piperazine rings is 1. The van der Waals surface area contributed by atoms with Crippen LogP contribution in [0.5, 0.6) is 5.75 Å². The SMILES string of the molecule is CC/C(=N\N1CC[NH+](Cc2ccc(Cl)cc2)CC1)c1ccc(O)cc1. The van der Waals surface area contributed by atoms with Crippen molar-refractivity contribution < 1.29 is 10.0 Å². The fraction of sp³-hybridized carbons (Fsp3) is 0.350. The summed E-state index contributed by atoms with van der Waals surface area (Å²) in [4.78, 5) is 1.58. The molecule has 0 saturated carbocycles. The Morgan fingerprint density at radius 3 is 2.32 bits per heavy atom. The molecule has 2 aromatic rings. The Hall–Kier alpha value is -2.04. The van der Waals surface area contributed by atoms with Gasteiger partial charge in [-0.2, -0.15) is 5.10 Å². The monoisotopic (exact) mass is 358 g/mol. The summed E-state index contributed by atoms with van der Waals surface area (Å²) >= 11 is 5.95. The van der Waals surface area contributed by atoms with Gasteiger partial charge in [0, 0.05) is 10.6 Å². The maximum atomic E-state index is 9.44. The fourth-order valence-corrected chi connectivity index (χ4v) is 3.26. The Morgan fingerprint density at radius 2 is 1.72 bits per heavy atom. The molecule has 0 aromatic heterocycles. The van der Waals surface area contributed by atoms with Crippen molar-refractivity contribution in [3.63, 3.8) is 0 Å². The van der Waals surface area contributed by atoms with Crippen LogP contribution in [0.15, 0.2) is 53.6 Å². The zero-order valence-corrected chi connectivity index (χ0v) is 15.3. The zero-order valence-electron chi connectivity index (χ0n) is 14.6. The van der Waals surface area contributed by atoms with Crippen LogP contribution in [0, 0.1) is 0 Å². The van der Waals surface area contributed by atoms with Gasteiger partial charge in [0.15, 0.2) is 0 Å². The zero-order chi connectivity index (χ0) is 17.6. The maximum Gasteiger partial charge on any atom is 0.115 e. The number of halogens is 1. The molecule has 3 rings (SSSR count). The van der Waals surface area contributed by atoms with E-state index in [-0.39, 0.29) is 0 Å². The molecule has 1 fully saturated rings. The lowest BCUT2D eigenvalue weighted by Crippen LogP contribution is -3.13. The lowest BCUT2D eigenvalue weighted by molar-refractivity contribution is -0.918. The molecular formula is C20H25ClN3O+. The molecule has 5 heteroatoms. The van der Waals surface area contributed by atoms with E-state index in [0.717, 1.165) is 55.4 Å². The van der Waals surface area contributed by atoms with E-state index < -0.39 is 0 Å². The first kappa shape index (κ1) is 17.8. The van der Waals surface area contributed by atoms with Gasteiger partial charge in [-0.25, -0.2) is 0 Å². The molecule has 0 radical (unpaired) electrons. The molecule has 0 spiro atoms. The minimum absolute atomic E-state index is 0.290. The number of phenols is 1. The molecule has 132 valence electrons. The second-order valence-electron chi connectivity index (χ2n) is 6.45. The predicted octanol–water partition coefficient (Wildman–Crippen LogP) is 2.56. The smallest absolute Gasteiger partial charge is 0.115 e. The fourth-order valence-electron chi connectivity index (χ4n) is 3.14. The maximum absolute atomic E-state index is 9.44. The van der Waals surface area contributed by atoms with Crippen LogP contribution in [0.25, 0.3) is 0 Å². The van der Waals surface area contributed by atoms with E-state index in [0.29, 0.717) is 5.75 Å². The summed E-state index contributed by atoms with van der Waals surface area (Å²) in [7, 11) is 0. The predicted molar refractivity (Wildman–Crippen MR) is 102 cm³/mol. The van der Waals surface area contributed by atoms with Gasteiger partial charge in [0.2, 0.25) is 0 Å². The average Bonchev–Trinajstić information content (AvgIpc) is 2.64. The summed E-state index contributed by atoms with van der Waals surface area (Å²) in [5, 5.41) is 17.3. The molecule has 1 aliphatic rings. The molecule has 25 heavy (non-hydrogen) atoms. The molecule has 2 N–H and O–H groups in total. The van der Waals surface area contributed by atoms with Crippen LogP contribution >= 0.6 is 11.6 Å². The number of nitrogens with one attached hydrogen (secondary N) is 1. The van der Waals surface area contributed by atoms with Crippen LogP contribution in [-0.4, -0.2) is 42.0 Å². The minimum atomic E-state index is 0.290. The Labute approximate surface area is 154 Å². The van der Waals surface area contributed by atoms with E-state index in [2.05, 4.69) is 24.1 Å². The number of hydrogen-bond donors (Lipinski definition) is 2. The van der Waals surface area contributed by atoms with E-state index in [1.807, 2.05) is 24.3 Å². The average molecular weight is 359 g/mol. The first-order valence-electron chi connectivity index (χ1n) is 8.84. The standard InChI is InChI=1S/C20H24ClN3O/c1-2-20(17-5-9-19(25)10-6-17)22-24-13-11-23(12-14-24)15-16-3-7-18(21)8-4-16/h3-10,25H,2,11-15H2,1H3/p+1/b22-20+. The first-order valence-corrected chi connectivity index (χ1v) is 9.21. The molecule has 0 aliphatic carbocycles. The van der Waals surface area contributed by atoms with Crippen LogP contribution in [0.2, 0.25) is 5.02 Å². The van der Waals surface area contributed by atoms with Gasteiger partial charge in [0.05, 0.1) is 31.9 Å². The van der Waals surface area contributed by atoms with Gasteiger partial charge in [-0.3, -0.25) is 5.01 Å². The highest BCUT2D eigenvalue weighted by atomic mass is 35.5. The number of benzene rings is 2. The molecule has 1 saturated heterocycles. The third-order valence-corrected chi connectivity index (χ3v) is 4.86. The van der Waals surface area contributed by atoms with Gasteiger partial charge in [-0.1, -0.05) is 30.7 Å². The van der Waals surface area contributed by atoms with Crippen LogP contribution in [0.1, 0.15) is 24.5 Å². The Morgan fingerprint density at radius 1 is 1.08 bits per heavy atom. The molecule has 0 unspecified atom stereocenters. The number of hydrogen-bond acceptors (Lipinski definition) is 3. The summed E-state index contributed by atoms with van der Waals surface area (Å²) in [5.74, 6) is 0.290. The van der Waals surface area contributed by atoms with Crippen LogP contribution in [-0.2, 0) is 6.54 Å². The Balaban J connectivity index is 1.57. The molecule has 0 atom stereocenters. The second kappa shape index (κ2) is 8.37. The molecule has 0 bridgehead atoms. The van der Waals surface area contributed by atoms with Crippen LogP contribution in [0.3, 0.4) is 0 Å². The number of quaternary nitrogens is 1. The first-order chi connectivity index (χ1) is 12.1. The van der Waals surface area contributed by atoms with Gasteiger partial charge in [0.1, 0.15) is 12.3 Å². The Bertz CT molecular complexity index is 705.